The molecule has 4 rings (SSSR count). The Bertz CT molecular complexity index is 910. The van der Waals surface area contributed by atoms with E-state index in [4.69, 9.17) is 0 Å². The Balaban J connectivity index is 1.46. The summed E-state index contributed by atoms with van der Waals surface area (Å²) in [5.41, 5.74) is 1.47. The summed E-state index contributed by atoms with van der Waals surface area (Å²) in [7, 11) is 0. The molecule has 0 saturated heterocycles. The molecular weight excluding hydrogens is 357 g/mol. The van der Waals surface area contributed by atoms with E-state index in [1.807, 2.05) is 11.4 Å². The number of halogens is 1. The number of amides is 1. The maximum atomic E-state index is 13.9. The van der Waals surface area contributed by atoms with Gasteiger partial charge in [0.2, 0.25) is 5.91 Å². The monoisotopic (exact) mass is 373 g/mol. The molecule has 1 aliphatic rings. The number of hydrogen-bond acceptors (Lipinski definition) is 5. The quantitative estimate of drug-likeness (QED) is 0.482. The highest BCUT2D eigenvalue weighted by Crippen LogP contribution is 2.32. The van der Waals surface area contributed by atoms with Crippen LogP contribution in [-0.2, 0) is 11.3 Å². The van der Waals surface area contributed by atoms with Crippen molar-refractivity contribution in [1.82, 2.24) is 14.9 Å². The summed E-state index contributed by atoms with van der Waals surface area (Å²) in [4.78, 5) is 23.1. The van der Waals surface area contributed by atoms with E-state index in [1.54, 1.807) is 34.4 Å². The normalized spacial score (nSPS) is 14.0. The van der Waals surface area contributed by atoms with Gasteiger partial charge in [-0.05, 0) is 30.4 Å². The number of thioether (sulfide) groups is 1. The zero-order valence-corrected chi connectivity index (χ0v) is 15.0. The molecule has 2 heterocycles. The lowest BCUT2D eigenvalue weighted by Gasteiger charge is -2.22. The number of benzene rings is 1. The minimum atomic E-state index is -0.260. The van der Waals surface area contributed by atoms with Crippen LogP contribution in [0.15, 0.2) is 47.1 Å². The molecule has 1 saturated carbocycles. The molecule has 0 atom stereocenters. The van der Waals surface area contributed by atoms with Gasteiger partial charge in [0, 0.05) is 18.2 Å². The van der Waals surface area contributed by atoms with E-state index in [0.717, 1.165) is 28.1 Å². The van der Waals surface area contributed by atoms with Gasteiger partial charge in [-0.15, -0.1) is 11.3 Å². The van der Waals surface area contributed by atoms with Crippen LogP contribution in [0, 0.1) is 5.82 Å². The number of carbonyl (C=O) groups is 1. The summed E-state index contributed by atoms with van der Waals surface area (Å²) < 4.78 is 14.9. The Kier molecular flexibility index (Phi) is 4.67. The first-order valence-electron chi connectivity index (χ1n) is 8.06. The Morgan fingerprint density at radius 3 is 2.92 bits per heavy atom. The van der Waals surface area contributed by atoms with Gasteiger partial charge < -0.3 is 4.90 Å². The van der Waals surface area contributed by atoms with Crippen LogP contribution in [0.3, 0.4) is 0 Å². The lowest BCUT2D eigenvalue weighted by molar-refractivity contribution is -0.129. The molecular formula is C18H16FN3OS2. The Labute approximate surface area is 153 Å². The van der Waals surface area contributed by atoms with Crippen molar-refractivity contribution >= 4 is 39.2 Å². The number of hydrogen-bond donors (Lipinski definition) is 0. The maximum absolute atomic E-state index is 13.9. The van der Waals surface area contributed by atoms with Crippen molar-refractivity contribution in [3.63, 3.8) is 0 Å². The van der Waals surface area contributed by atoms with E-state index in [9.17, 15) is 9.18 Å². The van der Waals surface area contributed by atoms with Crippen LogP contribution >= 0.6 is 23.1 Å². The van der Waals surface area contributed by atoms with Gasteiger partial charge in [0.1, 0.15) is 17.2 Å². The summed E-state index contributed by atoms with van der Waals surface area (Å²) in [5, 5.41) is 2.80. The van der Waals surface area contributed by atoms with Crippen LogP contribution in [0.2, 0.25) is 0 Å². The second-order valence-corrected chi connectivity index (χ2v) is 7.83. The van der Waals surface area contributed by atoms with Crippen molar-refractivity contribution in [3.8, 4) is 0 Å². The minimum Gasteiger partial charge on any atom is -0.335 e. The largest absolute Gasteiger partial charge is 0.335 e. The molecule has 25 heavy (non-hydrogen) atoms. The van der Waals surface area contributed by atoms with Crippen LogP contribution in [0.5, 0.6) is 0 Å². The van der Waals surface area contributed by atoms with E-state index < -0.39 is 0 Å². The molecule has 3 aromatic rings. The first-order chi connectivity index (χ1) is 12.2. The zero-order valence-electron chi connectivity index (χ0n) is 13.4. The maximum Gasteiger partial charge on any atom is 0.233 e. The van der Waals surface area contributed by atoms with E-state index in [0.29, 0.717) is 17.9 Å². The molecule has 2 aromatic heterocycles. The van der Waals surface area contributed by atoms with Crippen LogP contribution in [0.1, 0.15) is 18.4 Å². The number of fused-ring (bicyclic) bond motifs is 1. The fourth-order valence-electron chi connectivity index (χ4n) is 2.70. The lowest BCUT2D eigenvalue weighted by Crippen LogP contribution is -2.34. The molecule has 0 N–H and O–H groups in total. The standard InChI is InChI=1S/C18H16FN3OS2/c19-14-4-2-1-3-12(14)9-22(13-5-6-13)16(23)10-25-18-17-15(7-8-24-17)20-11-21-18/h1-4,7-8,11,13H,5-6,9-10H2. The number of rotatable bonds is 6. The number of thiophene rings is 1. The zero-order chi connectivity index (χ0) is 17.2. The molecule has 0 bridgehead atoms. The summed E-state index contributed by atoms with van der Waals surface area (Å²) in [6.45, 7) is 0.328. The molecule has 0 unspecified atom stereocenters. The molecule has 7 heteroatoms. The molecule has 1 amide bonds. The number of carbonyl (C=O) groups excluding carboxylic acids is 1. The Morgan fingerprint density at radius 1 is 1.28 bits per heavy atom. The summed E-state index contributed by atoms with van der Waals surface area (Å²) in [6.07, 6.45) is 3.51. The van der Waals surface area contributed by atoms with Gasteiger partial charge in [-0.2, -0.15) is 0 Å². The molecule has 128 valence electrons. The Morgan fingerprint density at radius 2 is 2.12 bits per heavy atom. The predicted molar refractivity (Wildman–Crippen MR) is 98.1 cm³/mol. The topological polar surface area (TPSA) is 46.1 Å². The van der Waals surface area contributed by atoms with E-state index in [2.05, 4.69) is 9.97 Å². The molecule has 1 aromatic carbocycles. The van der Waals surface area contributed by atoms with Crippen LogP contribution in [-0.4, -0.2) is 32.6 Å². The highest BCUT2D eigenvalue weighted by Gasteiger charge is 2.33. The van der Waals surface area contributed by atoms with Crippen molar-refractivity contribution in [3.05, 3.63) is 53.4 Å². The van der Waals surface area contributed by atoms with Crippen LogP contribution in [0.4, 0.5) is 4.39 Å². The smallest absolute Gasteiger partial charge is 0.233 e. The third-order valence-corrected chi connectivity index (χ3v) is 6.16. The first kappa shape index (κ1) is 16.5. The first-order valence-corrected chi connectivity index (χ1v) is 9.93. The SMILES string of the molecule is O=C(CSc1ncnc2ccsc12)N(Cc1ccccc1F)C1CC1. The van der Waals surface area contributed by atoms with Crippen molar-refractivity contribution in [2.24, 2.45) is 0 Å². The van der Waals surface area contributed by atoms with Crippen LogP contribution < -0.4 is 0 Å². The molecule has 4 nitrogen and oxygen atoms in total. The Hall–Kier alpha value is -1.99. The fourth-order valence-corrected chi connectivity index (χ4v) is 4.53. The van der Waals surface area contributed by atoms with Gasteiger partial charge in [0.15, 0.2) is 0 Å². The van der Waals surface area contributed by atoms with Gasteiger partial charge in [0.05, 0.1) is 16.0 Å². The minimum absolute atomic E-state index is 0.0269. The molecule has 0 radical (unpaired) electrons. The molecule has 0 spiro atoms. The van der Waals surface area contributed by atoms with Gasteiger partial charge >= 0.3 is 0 Å². The van der Waals surface area contributed by atoms with E-state index >= 15 is 0 Å². The average Bonchev–Trinajstić information content (AvgIpc) is 3.34. The average molecular weight is 373 g/mol. The van der Waals surface area contributed by atoms with E-state index in [-0.39, 0.29) is 17.8 Å². The fraction of sp³-hybridized carbons (Fsp3) is 0.278. The van der Waals surface area contributed by atoms with Crippen LogP contribution in [0.25, 0.3) is 10.2 Å². The van der Waals surface area contributed by atoms with Gasteiger partial charge in [-0.1, -0.05) is 30.0 Å². The summed E-state index contributed by atoms with van der Waals surface area (Å²) >= 11 is 3.00. The molecule has 1 fully saturated rings. The highest BCUT2D eigenvalue weighted by atomic mass is 32.2. The molecule has 1 aliphatic carbocycles. The van der Waals surface area contributed by atoms with Gasteiger partial charge in [-0.25, -0.2) is 14.4 Å². The van der Waals surface area contributed by atoms with Gasteiger partial charge in [0.25, 0.3) is 0 Å². The second kappa shape index (κ2) is 7.09. The second-order valence-electron chi connectivity index (χ2n) is 5.95. The van der Waals surface area contributed by atoms with Crippen molar-refractivity contribution in [2.75, 3.05) is 5.75 Å². The highest BCUT2D eigenvalue weighted by molar-refractivity contribution is 8.00. The lowest BCUT2D eigenvalue weighted by atomic mass is 10.2. The third-order valence-electron chi connectivity index (χ3n) is 4.15. The predicted octanol–water partition coefficient (Wildman–Crippen LogP) is 4.11. The molecule has 0 aliphatic heterocycles. The third kappa shape index (κ3) is 3.67. The van der Waals surface area contributed by atoms with Crippen molar-refractivity contribution in [2.45, 2.75) is 30.5 Å². The number of aromatic nitrogens is 2. The van der Waals surface area contributed by atoms with Crippen molar-refractivity contribution in [1.29, 1.82) is 0 Å². The number of nitrogens with zero attached hydrogens (tertiary/aromatic N) is 3. The van der Waals surface area contributed by atoms with E-state index in [1.165, 1.54) is 24.2 Å². The van der Waals surface area contributed by atoms with Crippen molar-refractivity contribution < 1.29 is 9.18 Å². The van der Waals surface area contributed by atoms with Gasteiger partial charge in [-0.3, -0.25) is 4.79 Å². The summed E-state index contributed by atoms with van der Waals surface area (Å²) in [5.74, 6) is 0.0679. The summed E-state index contributed by atoms with van der Waals surface area (Å²) in [6, 6.07) is 8.83.